The first-order chi connectivity index (χ1) is 3.91. The van der Waals surface area contributed by atoms with E-state index in [-0.39, 0.29) is 9.68 Å². The van der Waals surface area contributed by atoms with Gasteiger partial charge in [0.15, 0.2) is 0 Å². The minimum atomic E-state index is 0.151. The van der Waals surface area contributed by atoms with E-state index in [2.05, 4.69) is 18.8 Å². The van der Waals surface area contributed by atoms with Gasteiger partial charge in [-0.25, -0.2) is 0 Å². The molecule has 0 fully saturated rings. The van der Waals surface area contributed by atoms with Gasteiger partial charge in [0.05, 0.1) is 9.68 Å². The lowest BCUT2D eigenvalue weighted by molar-refractivity contribution is 0.765. The van der Waals surface area contributed by atoms with Crippen molar-refractivity contribution in [2.24, 2.45) is 0 Å². The van der Waals surface area contributed by atoms with Crippen molar-refractivity contribution in [3.63, 3.8) is 0 Å². The van der Waals surface area contributed by atoms with E-state index < -0.39 is 0 Å². The van der Waals surface area contributed by atoms with E-state index in [0.29, 0.717) is 0 Å². The highest BCUT2D eigenvalue weighted by Crippen LogP contribution is 1.81. The molecule has 0 heterocycles. The highest BCUT2D eigenvalue weighted by atomic mass is 28.2. The SMILES string of the molecule is CCCCN[SiH2]CC. The van der Waals surface area contributed by atoms with Gasteiger partial charge in [0.25, 0.3) is 0 Å². The minimum Gasteiger partial charge on any atom is -0.342 e. The molecule has 8 heavy (non-hydrogen) atoms. The summed E-state index contributed by atoms with van der Waals surface area (Å²) in [4.78, 5) is 3.47. The standard InChI is InChI=1S/C6H17NSi/c1-3-5-6-7-8-4-2/h7H,3-6,8H2,1-2H3. The second-order valence-electron chi connectivity index (χ2n) is 2.10. The fourth-order valence-electron chi connectivity index (χ4n) is 0.604. The molecule has 0 radical (unpaired) electrons. The summed E-state index contributed by atoms with van der Waals surface area (Å²) in [5, 5.41) is 0. The fourth-order valence-corrected chi connectivity index (χ4v) is 1.46. The molecule has 0 aromatic rings. The molecule has 0 unspecified atom stereocenters. The van der Waals surface area contributed by atoms with Crippen molar-refractivity contribution < 1.29 is 0 Å². The van der Waals surface area contributed by atoms with Crippen molar-refractivity contribution >= 4 is 9.68 Å². The largest absolute Gasteiger partial charge is 0.342 e. The summed E-state index contributed by atoms with van der Waals surface area (Å²) in [5.74, 6) is 0. The van der Waals surface area contributed by atoms with Crippen molar-refractivity contribution in [2.45, 2.75) is 32.7 Å². The molecule has 0 saturated carbocycles. The van der Waals surface area contributed by atoms with Crippen LogP contribution in [0.25, 0.3) is 0 Å². The lowest BCUT2D eigenvalue weighted by Crippen LogP contribution is -2.18. The predicted molar refractivity (Wildman–Crippen MR) is 41.9 cm³/mol. The highest BCUT2D eigenvalue weighted by molar-refractivity contribution is 6.31. The van der Waals surface area contributed by atoms with Crippen molar-refractivity contribution in [1.29, 1.82) is 0 Å². The van der Waals surface area contributed by atoms with Crippen molar-refractivity contribution in [2.75, 3.05) is 6.54 Å². The molecule has 0 aliphatic carbocycles. The van der Waals surface area contributed by atoms with Gasteiger partial charge >= 0.3 is 0 Å². The van der Waals surface area contributed by atoms with E-state index in [0.717, 1.165) is 0 Å². The maximum Gasteiger partial charge on any atom is 0.0913 e. The molecule has 0 bridgehead atoms. The summed E-state index contributed by atoms with van der Waals surface area (Å²) in [6.07, 6.45) is 2.68. The predicted octanol–water partition coefficient (Wildman–Crippen LogP) is 0.898. The second kappa shape index (κ2) is 7.18. The van der Waals surface area contributed by atoms with Crippen molar-refractivity contribution in [3.05, 3.63) is 0 Å². The van der Waals surface area contributed by atoms with Gasteiger partial charge in [-0.15, -0.1) is 0 Å². The smallest absolute Gasteiger partial charge is 0.0913 e. The van der Waals surface area contributed by atoms with E-state index in [4.69, 9.17) is 0 Å². The Hall–Kier alpha value is 0.177. The van der Waals surface area contributed by atoms with Crippen LogP contribution in [0.2, 0.25) is 6.04 Å². The van der Waals surface area contributed by atoms with E-state index in [1.165, 1.54) is 25.4 Å². The number of hydrogen-bond donors (Lipinski definition) is 1. The first-order valence-electron chi connectivity index (χ1n) is 3.62. The summed E-state index contributed by atoms with van der Waals surface area (Å²) >= 11 is 0. The Labute approximate surface area is 54.8 Å². The molecular weight excluding hydrogens is 114 g/mol. The normalized spacial score (nSPS) is 11.2. The monoisotopic (exact) mass is 131 g/mol. The molecule has 0 aromatic carbocycles. The van der Waals surface area contributed by atoms with Gasteiger partial charge in [0, 0.05) is 0 Å². The first-order valence-corrected chi connectivity index (χ1v) is 5.33. The third kappa shape index (κ3) is 6.18. The molecular formula is C6H17NSi. The van der Waals surface area contributed by atoms with E-state index >= 15 is 0 Å². The van der Waals surface area contributed by atoms with Crippen LogP contribution in [0, 0.1) is 0 Å². The summed E-state index contributed by atoms with van der Waals surface area (Å²) in [6.45, 7) is 5.75. The molecule has 0 rings (SSSR count). The van der Waals surface area contributed by atoms with Gasteiger partial charge < -0.3 is 4.98 Å². The van der Waals surface area contributed by atoms with E-state index in [1.54, 1.807) is 0 Å². The maximum absolute atomic E-state index is 3.47. The quantitative estimate of drug-likeness (QED) is 0.432. The number of hydrogen-bond acceptors (Lipinski definition) is 1. The Kier molecular flexibility index (Phi) is 7.34. The van der Waals surface area contributed by atoms with E-state index in [9.17, 15) is 0 Å². The first kappa shape index (κ1) is 8.18. The zero-order valence-electron chi connectivity index (χ0n) is 6.04. The average Bonchev–Trinajstić information content (AvgIpc) is 1.81. The van der Waals surface area contributed by atoms with Crippen LogP contribution in [0.1, 0.15) is 26.7 Å². The molecule has 0 saturated heterocycles. The molecule has 50 valence electrons. The van der Waals surface area contributed by atoms with Crippen LogP contribution in [0.5, 0.6) is 0 Å². The molecule has 0 aromatic heterocycles. The number of rotatable bonds is 5. The zero-order valence-corrected chi connectivity index (χ0v) is 7.45. The van der Waals surface area contributed by atoms with Gasteiger partial charge in [-0.1, -0.05) is 26.3 Å². The summed E-state index contributed by atoms with van der Waals surface area (Å²) in [6, 6.07) is 1.39. The Bertz CT molecular complexity index is 33.5. The van der Waals surface area contributed by atoms with Gasteiger partial charge in [0.2, 0.25) is 0 Å². The van der Waals surface area contributed by atoms with Crippen LogP contribution >= 0.6 is 0 Å². The lowest BCUT2D eigenvalue weighted by Gasteiger charge is -1.97. The lowest BCUT2D eigenvalue weighted by atomic mass is 10.3. The Morgan fingerprint density at radius 2 is 2.12 bits per heavy atom. The van der Waals surface area contributed by atoms with E-state index in [1.807, 2.05) is 0 Å². The highest BCUT2D eigenvalue weighted by Gasteiger charge is 1.81. The molecule has 0 spiro atoms. The summed E-state index contributed by atoms with van der Waals surface area (Å²) < 4.78 is 0. The molecule has 1 nitrogen and oxygen atoms in total. The summed E-state index contributed by atoms with van der Waals surface area (Å²) in [5.41, 5.74) is 0. The zero-order chi connectivity index (χ0) is 6.24. The number of nitrogens with one attached hydrogen (secondary N) is 1. The van der Waals surface area contributed by atoms with Gasteiger partial charge in [0.1, 0.15) is 0 Å². The third-order valence-corrected chi connectivity index (χ3v) is 2.34. The van der Waals surface area contributed by atoms with Crippen LogP contribution in [0.15, 0.2) is 0 Å². The van der Waals surface area contributed by atoms with Crippen LogP contribution in [-0.4, -0.2) is 16.2 Å². The third-order valence-electron chi connectivity index (χ3n) is 1.13. The molecule has 1 N–H and O–H groups in total. The number of unbranched alkanes of at least 4 members (excludes halogenated alkanes) is 1. The Morgan fingerprint density at radius 1 is 1.38 bits per heavy atom. The van der Waals surface area contributed by atoms with Crippen LogP contribution in [0.3, 0.4) is 0 Å². The Morgan fingerprint density at radius 3 is 2.62 bits per heavy atom. The molecule has 2 heteroatoms. The molecule has 0 aliphatic heterocycles. The second-order valence-corrected chi connectivity index (χ2v) is 4.10. The molecule has 0 aliphatic rings. The van der Waals surface area contributed by atoms with Crippen LogP contribution < -0.4 is 4.98 Å². The van der Waals surface area contributed by atoms with Gasteiger partial charge in [-0.05, 0) is 13.0 Å². The van der Waals surface area contributed by atoms with Crippen molar-refractivity contribution in [1.82, 2.24) is 4.98 Å². The van der Waals surface area contributed by atoms with Crippen LogP contribution in [0.4, 0.5) is 0 Å². The van der Waals surface area contributed by atoms with Crippen molar-refractivity contribution in [3.8, 4) is 0 Å². The average molecular weight is 131 g/mol. The minimum absolute atomic E-state index is 0.151. The van der Waals surface area contributed by atoms with Crippen LogP contribution in [-0.2, 0) is 0 Å². The topological polar surface area (TPSA) is 12.0 Å². The Balaban J connectivity index is 2.53. The summed E-state index contributed by atoms with van der Waals surface area (Å²) in [7, 11) is 0.151. The van der Waals surface area contributed by atoms with Gasteiger partial charge in [-0.3, -0.25) is 0 Å². The molecule has 0 atom stereocenters. The fraction of sp³-hybridized carbons (Fsp3) is 1.00. The van der Waals surface area contributed by atoms with Gasteiger partial charge in [-0.2, -0.15) is 0 Å². The molecule has 0 amide bonds. The maximum atomic E-state index is 3.47.